The van der Waals surface area contributed by atoms with E-state index >= 15 is 0 Å². The van der Waals surface area contributed by atoms with Gasteiger partial charge in [0.25, 0.3) is 0 Å². The summed E-state index contributed by atoms with van der Waals surface area (Å²) in [6.45, 7) is 2.24. The fraction of sp³-hybridized carbons (Fsp3) is 0.316. The number of thiophene rings is 1. The molecular weight excluding hydrogens is 366 g/mol. The number of nitrogens with zero attached hydrogens (tertiary/aromatic N) is 3. The molecule has 3 aromatic rings. The Labute approximate surface area is 156 Å². The predicted molar refractivity (Wildman–Crippen MR) is 102 cm³/mol. The molecule has 2 aromatic heterocycles. The molecule has 1 fully saturated rings. The molecular formula is C19H19N3O2S2. The van der Waals surface area contributed by atoms with Crippen LogP contribution >= 0.6 is 11.3 Å². The smallest absolute Gasteiger partial charge is 0.183 e. The average Bonchev–Trinajstić information content (AvgIpc) is 3.37. The Morgan fingerprint density at radius 1 is 1.23 bits per heavy atom. The van der Waals surface area contributed by atoms with Crippen LogP contribution in [0.15, 0.2) is 53.0 Å². The highest BCUT2D eigenvalue weighted by atomic mass is 32.2. The second kappa shape index (κ2) is 5.77. The van der Waals surface area contributed by atoms with Crippen molar-refractivity contribution in [2.75, 3.05) is 13.1 Å². The molecule has 0 saturated carbocycles. The zero-order valence-electron chi connectivity index (χ0n) is 14.4. The van der Waals surface area contributed by atoms with E-state index in [-0.39, 0.29) is 11.2 Å². The second-order valence-electron chi connectivity index (χ2n) is 7.12. The van der Waals surface area contributed by atoms with Crippen LogP contribution in [0.3, 0.4) is 0 Å². The van der Waals surface area contributed by atoms with Crippen LogP contribution in [0.25, 0.3) is 11.1 Å². The van der Waals surface area contributed by atoms with Gasteiger partial charge in [-0.2, -0.15) is 5.10 Å². The Hall–Kier alpha value is -1.96. The molecule has 7 heteroatoms. The van der Waals surface area contributed by atoms with Crippen LogP contribution < -0.4 is 0 Å². The van der Waals surface area contributed by atoms with Crippen molar-refractivity contribution < 1.29 is 8.42 Å². The quantitative estimate of drug-likeness (QED) is 0.696. The van der Waals surface area contributed by atoms with Gasteiger partial charge in [0.1, 0.15) is 0 Å². The van der Waals surface area contributed by atoms with E-state index in [9.17, 15) is 8.42 Å². The summed E-state index contributed by atoms with van der Waals surface area (Å²) in [5.74, 6) is 0.0617. The third-order valence-corrected chi connectivity index (χ3v) is 8.57. The number of benzene rings is 1. The Morgan fingerprint density at radius 3 is 2.85 bits per heavy atom. The summed E-state index contributed by atoms with van der Waals surface area (Å²) < 4.78 is 27.8. The highest BCUT2D eigenvalue weighted by Crippen LogP contribution is 2.46. The van der Waals surface area contributed by atoms with Crippen LogP contribution in [0.5, 0.6) is 0 Å². The predicted octanol–water partition coefficient (Wildman–Crippen LogP) is 2.90. The molecule has 134 valence electrons. The van der Waals surface area contributed by atoms with E-state index in [2.05, 4.69) is 27.5 Å². The third kappa shape index (κ3) is 2.46. The summed E-state index contributed by atoms with van der Waals surface area (Å²) in [4.78, 5) is 4.08. The van der Waals surface area contributed by atoms with Gasteiger partial charge in [0.2, 0.25) is 0 Å². The first-order valence-corrected chi connectivity index (χ1v) is 11.1. The second-order valence-corrected chi connectivity index (χ2v) is 10.3. The molecule has 0 radical (unpaired) electrons. The lowest BCUT2D eigenvalue weighted by Crippen LogP contribution is -2.25. The lowest BCUT2D eigenvalue weighted by Gasteiger charge is -2.16. The number of likely N-dealkylation sites (tertiary alicyclic amines) is 1. The molecule has 2 unspecified atom stereocenters. The average molecular weight is 386 g/mol. The minimum atomic E-state index is -3.25. The molecule has 1 saturated heterocycles. The van der Waals surface area contributed by atoms with Gasteiger partial charge in [-0.25, -0.2) is 8.42 Å². The maximum absolute atomic E-state index is 13.0. The maximum atomic E-state index is 13.0. The van der Waals surface area contributed by atoms with Gasteiger partial charge >= 0.3 is 0 Å². The molecule has 0 spiro atoms. The molecule has 0 amide bonds. The van der Waals surface area contributed by atoms with Gasteiger partial charge in [0, 0.05) is 49.2 Å². The number of hydrogen-bond donors (Lipinski definition) is 0. The summed E-state index contributed by atoms with van der Waals surface area (Å²) in [5, 5.41) is 5.98. The monoisotopic (exact) mass is 385 g/mol. The van der Waals surface area contributed by atoms with E-state index in [0.717, 1.165) is 29.8 Å². The van der Waals surface area contributed by atoms with Crippen LogP contribution in [0.2, 0.25) is 0 Å². The Morgan fingerprint density at radius 2 is 2.12 bits per heavy atom. The van der Waals surface area contributed by atoms with Crippen LogP contribution in [-0.2, 0) is 23.4 Å². The van der Waals surface area contributed by atoms with Gasteiger partial charge in [0.05, 0.1) is 16.3 Å². The molecule has 1 aromatic carbocycles. The van der Waals surface area contributed by atoms with Gasteiger partial charge in [-0.15, -0.1) is 11.3 Å². The lowest BCUT2D eigenvalue weighted by molar-refractivity contribution is 0.328. The van der Waals surface area contributed by atoms with Crippen LogP contribution in [-0.4, -0.2) is 41.4 Å². The van der Waals surface area contributed by atoms with E-state index in [1.165, 1.54) is 4.88 Å². The van der Waals surface area contributed by atoms with Crippen molar-refractivity contribution in [2.24, 2.45) is 7.05 Å². The third-order valence-electron chi connectivity index (χ3n) is 5.45. The van der Waals surface area contributed by atoms with Crippen LogP contribution in [0.1, 0.15) is 16.4 Å². The summed E-state index contributed by atoms with van der Waals surface area (Å²) in [7, 11) is -1.36. The first kappa shape index (κ1) is 16.2. The molecule has 2 atom stereocenters. The molecule has 0 aliphatic carbocycles. The number of aromatic nitrogens is 2. The lowest BCUT2D eigenvalue weighted by atomic mass is 9.95. The number of sulfone groups is 1. The minimum absolute atomic E-state index is 0.0617. The molecule has 0 bridgehead atoms. The summed E-state index contributed by atoms with van der Waals surface area (Å²) in [6.07, 6.45) is 3.78. The SMILES string of the molecule is Cn1cc(-c2ccc3c(c2)C2CN(Cc4cccs4)CC2S3(=O)=O)cn1. The van der Waals surface area contributed by atoms with Gasteiger partial charge in [-0.3, -0.25) is 9.58 Å². The first-order valence-electron chi connectivity index (χ1n) is 8.64. The number of rotatable bonds is 3. The molecule has 4 heterocycles. The van der Waals surface area contributed by atoms with Gasteiger partial charge in [-0.1, -0.05) is 12.1 Å². The van der Waals surface area contributed by atoms with Crippen molar-refractivity contribution in [2.45, 2.75) is 22.6 Å². The van der Waals surface area contributed by atoms with Gasteiger partial charge < -0.3 is 0 Å². The van der Waals surface area contributed by atoms with Crippen molar-refractivity contribution in [1.82, 2.24) is 14.7 Å². The van der Waals surface area contributed by atoms with E-state index in [0.29, 0.717) is 11.4 Å². The van der Waals surface area contributed by atoms with E-state index in [1.807, 2.05) is 31.6 Å². The maximum Gasteiger partial charge on any atom is 0.183 e. The number of hydrogen-bond acceptors (Lipinski definition) is 5. The fourth-order valence-electron chi connectivity index (χ4n) is 4.23. The standard InChI is InChI=1S/C19H19N3O2S2/c1-21-9-14(8-20-21)13-4-5-18-16(7-13)17-11-22(10-15-3-2-6-25-15)12-19(17)26(18,23)24/h2-9,17,19H,10-12H2,1H3. The molecule has 5 nitrogen and oxygen atoms in total. The Kier molecular flexibility index (Phi) is 3.60. The fourth-order valence-corrected chi connectivity index (χ4v) is 7.17. The van der Waals surface area contributed by atoms with E-state index < -0.39 is 9.84 Å². The largest absolute Gasteiger partial charge is 0.296 e. The van der Waals surface area contributed by atoms with Gasteiger partial charge in [0.15, 0.2) is 9.84 Å². The normalized spacial score (nSPS) is 23.9. The highest BCUT2D eigenvalue weighted by molar-refractivity contribution is 7.92. The number of aryl methyl sites for hydroxylation is 1. The number of fused-ring (bicyclic) bond motifs is 3. The Bertz CT molecular complexity index is 1070. The Balaban J connectivity index is 1.50. The van der Waals surface area contributed by atoms with Crippen molar-refractivity contribution in [1.29, 1.82) is 0 Å². The minimum Gasteiger partial charge on any atom is -0.296 e. The molecule has 26 heavy (non-hydrogen) atoms. The van der Waals surface area contributed by atoms with E-state index in [4.69, 9.17) is 0 Å². The van der Waals surface area contributed by atoms with Crippen molar-refractivity contribution in [3.63, 3.8) is 0 Å². The van der Waals surface area contributed by atoms with Crippen LogP contribution in [0.4, 0.5) is 0 Å². The first-order chi connectivity index (χ1) is 12.5. The van der Waals surface area contributed by atoms with Crippen molar-refractivity contribution >= 4 is 21.2 Å². The summed E-state index contributed by atoms with van der Waals surface area (Å²) in [6, 6.07) is 9.90. The summed E-state index contributed by atoms with van der Waals surface area (Å²) >= 11 is 1.73. The summed E-state index contributed by atoms with van der Waals surface area (Å²) in [5.41, 5.74) is 3.03. The molecule has 2 aliphatic heterocycles. The zero-order chi connectivity index (χ0) is 17.9. The highest BCUT2D eigenvalue weighted by Gasteiger charge is 2.50. The van der Waals surface area contributed by atoms with Crippen molar-refractivity contribution in [3.05, 3.63) is 58.5 Å². The molecule has 0 N–H and O–H groups in total. The molecule has 5 rings (SSSR count). The van der Waals surface area contributed by atoms with Crippen molar-refractivity contribution in [3.8, 4) is 11.1 Å². The zero-order valence-corrected chi connectivity index (χ0v) is 16.0. The van der Waals surface area contributed by atoms with Crippen LogP contribution in [0, 0.1) is 0 Å². The van der Waals surface area contributed by atoms with Gasteiger partial charge in [-0.05, 0) is 34.7 Å². The topological polar surface area (TPSA) is 55.2 Å². The molecule has 2 aliphatic rings. The van der Waals surface area contributed by atoms with E-state index in [1.54, 1.807) is 22.1 Å².